The van der Waals surface area contributed by atoms with Crippen LogP contribution in [0.4, 0.5) is 9.18 Å². The van der Waals surface area contributed by atoms with Crippen LogP contribution in [0.25, 0.3) is 0 Å². The minimum Gasteiger partial charge on any atom is -0.484 e. The number of imide groups is 1. The Labute approximate surface area is 215 Å². The number of nitrogens with two attached hydrogens (primary N) is 2. The van der Waals surface area contributed by atoms with Crippen LogP contribution in [0.1, 0.15) is 22.3 Å². The van der Waals surface area contributed by atoms with E-state index in [2.05, 4.69) is 5.32 Å². The van der Waals surface area contributed by atoms with Crippen LogP contribution >= 0.6 is 0 Å². The normalized spacial score (nSPS) is 10.5. The van der Waals surface area contributed by atoms with Gasteiger partial charge in [-0.2, -0.15) is 0 Å². The monoisotopic (exact) mass is 505 g/mol. The van der Waals surface area contributed by atoms with E-state index in [1.807, 2.05) is 30.3 Å². The first-order valence-electron chi connectivity index (χ1n) is 11.8. The maximum atomic E-state index is 14.0. The van der Waals surface area contributed by atoms with Gasteiger partial charge in [0, 0.05) is 25.2 Å². The zero-order valence-electron chi connectivity index (χ0n) is 20.4. The van der Waals surface area contributed by atoms with Crippen molar-refractivity contribution in [2.45, 2.75) is 25.9 Å². The van der Waals surface area contributed by atoms with Crippen LogP contribution in [0.5, 0.6) is 5.75 Å². The summed E-state index contributed by atoms with van der Waals surface area (Å²) in [5.74, 6) is -0.985. The molecular weight excluding hydrogens is 475 g/mol. The highest BCUT2D eigenvalue weighted by atomic mass is 19.1. The Bertz CT molecular complexity index is 1200. The number of amides is 4. The highest BCUT2D eigenvalue weighted by Gasteiger charge is 2.21. The second-order valence-electron chi connectivity index (χ2n) is 8.32. The van der Waals surface area contributed by atoms with Gasteiger partial charge in [0.15, 0.2) is 6.61 Å². The fraction of sp³-hybridized carbons (Fsp3) is 0.214. The first kappa shape index (κ1) is 27.3. The number of nitrogens with one attached hydrogen (secondary N) is 1. The standard InChI is InChI=1S/C28H30FN4O4/c29-25-16-22(6-10-23(25)17-30)18-32-28(36)33(15-14-20-4-2-1-3-5-20)27(35)13-9-21-7-11-24(12-8-21)37-19-26(31)34/h1-8,10-13,16H,9,14-15,17-19,30H2,(H2,31,34)(H,32,36). The van der Waals surface area contributed by atoms with Crippen molar-refractivity contribution < 1.29 is 23.5 Å². The molecule has 1 radical (unpaired) electrons. The Kier molecular flexibility index (Phi) is 10.2. The van der Waals surface area contributed by atoms with Gasteiger partial charge in [0.05, 0.1) is 6.42 Å². The van der Waals surface area contributed by atoms with E-state index in [0.29, 0.717) is 23.3 Å². The summed E-state index contributed by atoms with van der Waals surface area (Å²) in [6.45, 7) is 0.0898. The van der Waals surface area contributed by atoms with Gasteiger partial charge in [-0.15, -0.1) is 0 Å². The maximum Gasteiger partial charge on any atom is 0.324 e. The second kappa shape index (κ2) is 13.7. The average molecular weight is 506 g/mol. The molecule has 5 N–H and O–H groups in total. The van der Waals surface area contributed by atoms with Crippen LogP contribution in [0.15, 0.2) is 72.8 Å². The Morgan fingerprint density at radius 1 is 0.946 bits per heavy atom. The fourth-order valence-electron chi connectivity index (χ4n) is 3.53. The molecule has 0 fully saturated rings. The molecule has 193 valence electrons. The number of primary amides is 1. The molecule has 0 bridgehead atoms. The third kappa shape index (κ3) is 8.73. The molecule has 0 unspecified atom stereocenters. The first-order chi connectivity index (χ1) is 17.9. The van der Waals surface area contributed by atoms with Crippen LogP contribution in [0.3, 0.4) is 0 Å². The van der Waals surface area contributed by atoms with Gasteiger partial charge >= 0.3 is 6.03 Å². The Morgan fingerprint density at radius 2 is 1.65 bits per heavy atom. The molecule has 0 atom stereocenters. The summed E-state index contributed by atoms with van der Waals surface area (Å²) >= 11 is 0. The predicted molar refractivity (Wildman–Crippen MR) is 138 cm³/mol. The lowest BCUT2D eigenvalue weighted by molar-refractivity contribution is -0.125. The minimum absolute atomic E-state index is 0.0580. The number of nitrogens with zero attached hydrogens (tertiary/aromatic N) is 1. The smallest absolute Gasteiger partial charge is 0.324 e. The molecule has 4 amide bonds. The molecule has 9 heteroatoms. The lowest BCUT2D eigenvalue weighted by Crippen LogP contribution is -2.45. The number of halogens is 1. The summed E-state index contributed by atoms with van der Waals surface area (Å²) in [4.78, 5) is 38.0. The number of urea groups is 1. The molecule has 37 heavy (non-hydrogen) atoms. The van der Waals surface area contributed by atoms with E-state index in [1.54, 1.807) is 36.4 Å². The molecule has 0 heterocycles. The number of carbonyl (C=O) groups excluding carboxylic acids is 3. The van der Waals surface area contributed by atoms with E-state index >= 15 is 0 Å². The fourth-order valence-corrected chi connectivity index (χ4v) is 3.53. The summed E-state index contributed by atoms with van der Waals surface area (Å²) in [5, 5.41) is 2.70. The van der Waals surface area contributed by atoms with Crippen molar-refractivity contribution in [2.75, 3.05) is 13.2 Å². The van der Waals surface area contributed by atoms with E-state index in [9.17, 15) is 18.8 Å². The molecule has 0 saturated carbocycles. The molecule has 3 aromatic rings. The number of hydrogen-bond acceptors (Lipinski definition) is 5. The third-order valence-electron chi connectivity index (χ3n) is 5.58. The Morgan fingerprint density at radius 3 is 2.30 bits per heavy atom. The van der Waals surface area contributed by atoms with E-state index in [0.717, 1.165) is 16.0 Å². The van der Waals surface area contributed by atoms with Crippen LogP contribution in [0, 0.1) is 12.2 Å². The van der Waals surface area contributed by atoms with E-state index in [4.69, 9.17) is 16.2 Å². The third-order valence-corrected chi connectivity index (χ3v) is 5.58. The molecule has 0 aliphatic rings. The summed E-state index contributed by atoms with van der Waals surface area (Å²) in [7, 11) is 0. The number of hydrogen-bond donors (Lipinski definition) is 3. The molecule has 8 nitrogen and oxygen atoms in total. The largest absolute Gasteiger partial charge is 0.484 e. The molecule has 3 rings (SSSR count). The SMILES string of the molecule is NCc1ccc(CNC(=O)N(CCc2ccccc2)C(=O)[CH]Cc2ccc(OCC(N)=O)cc2)cc1F. The van der Waals surface area contributed by atoms with Gasteiger partial charge in [-0.25, -0.2) is 9.18 Å². The molecule has 3 aromatic carbocycles. The first-order valence-corrected chi connectivity index (χ1v) is 11.8. The van der Waals surface area contributed by atoms with Gasteiger partial charge in [0.2, 0.25) is 5.91 Å². The highest BCUT2D eigenvalue weighted by Crippen LogP contribution is 2.14. The van der Waals surface area contributed by atoms with Crippen molar-refractivity contribution in [1.29, 1.82) is 0 Å². The molecule has 0 aliphatic heterocycles. The van der Waals surface area contributed by atoms with Crippen LogP contribution < -0.4 is 21.5 Å². The summed E-state index contributed by atoms with van der Waals surface area (Å²) in [5.41, 5.74) is 13.3. The van der Waals surface area contributed by atoms with E-state index in [-0.39, 0.29) is 32.7 Å². The highest BCUT2D eigenvalue weighted by molar-refractivity contribution is 5.98. The summed E-state index contributed by atoms with van der Waals surface area (Å²) in [6, 6.07) is 20.4. The van der Waals surface area contributed by atoms with Crippen molar-refractivity contribution >= 4 is 17.8 Å². The number of rotatable bonds is 12. The van der Waals surface area contributed by atoms with Gasteiger partial charge in [-0.05, 0) is 47.7 Å². The van der Waals surface area contributed by atoms with Crippen molar-refractivity contribution in [1.82, 2.24) is 10.2 Å². The Hall–Kier alpha value is -4.24. The van der Waals surface area contributed by atoms with Crippen molar-refractivity contribution in [3.05, 3.63) is 107 Å². The lowest BCUT2D eigenvalue weighted by atomic mass is 10.1. The zero-order chi connectivity index (χ0) is 26.6. The van der Waals surface area contributed by atoms with Gasteiger partial charge < -0.3 is 21.5 Å². The molecule has 0 aromatic heterocycles. The van der Waals surface area contributed by atoms with Gasteiger partial charge in [-0.3, -0.25) is 14.5 Å². The zero-order valence-corrected chi connectivity index (χ0v) is 20.4. The van der Waals surface area contributed by atoms with E-state index in [1.165, 1.54) is 12.5 Å². The molecule has 0 spiro atoms. The predicted octanol–water partition coefficient (Wildman–Crippen LogP) is 2.88. The van der Waals surface area contributed by atoms with Crippen molar-refractivity contribution in [3.63, 3.8) is 0 Å². The van der Waals surface area contributed by atoms with E-state index < -0.39 is 23.7 Å². The van der Waals surface area contributed by atoms with Gasteiger partial charge in [-0.1, -0.05) is 54.6 Å². The molecular formula is C28H30FN4O4. The summed E-state index contributed by atoms with van der Waals surface area (Å²) in [6.07, 6.45) is 2.20. The summed E-state index contributed by atoms with van der Waals surface area (Å²) < 4.78 is 19.3. The molecule has 0 saturated heterocycles. The second-order valence-corrected chi connectivity index (χ2v) is 8.32. The number of benzene rings is 3. The average Bonchev–Trinajstić information content (AvgIpc) is 2.91. The topological polar surface area (TPSA) is 128 Å². The van der Waals surface area contributed by atoms with Gasteiger partial charge in [0.25, 0.3) is 5.91 Å². The minimum atomic E-state index is -0.574. The Balaban J connectivity index is 1.62. The molecule has 0 aliphatic carbocycles. The quantitative estimate of drug-likeness (QED) is 0.349. The lowest BCUT2D eigenvalue weighted by Gasteiger charge is -2.21. The number of ether oxygens (including phenoxy) is 1. The van der Waals surface area contributed by atoms with Crippen LogP contribution in [-0.4, -0.2) is 35.9 Å². The maximum absolute atomic E-state index is 14.0. The van der Waals surface area contributed by atoms with Crippen molar-refractivity contribution in [2.24, 2.45) is 11.5 Å². The van der Waals surface area contributed by atoms with Crippen molar-refractivity contribution in [3.8, 4) is 5.75 Å². The number of carbonyl (C=O) groups is 3. The van der Waals surface area contributed by atoms with Gasteiger partial charge in [0.1, 0.15) is 11.6 Å². The van der Waals surface area contributed by atoms with Crippen LogP contribution in [0.2, 0.25) is 0 Å². The van der Waals surface area contributed by atoms with Crippen LogP contribution in [-0.2, 0) is 35.5 Å².